The molecule has 0 fully saturated rings. The van der Waals surface area contributed by atoms with E-state index in [1.807, 2.05) is 73.7 Å². The summed E-state index contributed by atoms with van der Waals surface area (Å²) in [6, 6.07) is 22.4. The molecular formula is C26H27N3O4S2. The summed E-state index contributed by atoms with van der Waals surface area (Å²) in [6.45, 7) is 2.39. The molecule has 1 amide bonds. The molecule has 0 saturated heterocycles. The Bertz CT molecular complexity index is 1370. The molecule has 0 aliphatic rings. The van der Waals surface area contributed by atoms with Crippen LogP contribution in [0.4, 0.5) is 10.8 Å². The predicted octanol–water partition coefficient (Wildman–Crippen LogP) is 5.00. The third kappa shape index (κ3) is 5.98. The van der Waals surface area contributed by atoms with Crippen LogP contribution in [0, 0.1) is 6.92 Å². The molecule has 0 unspecified atom stereocenters. The smallest absolute Gasteiger partial charge is 0.235 e. The number of hydrogen-bond donors (Lipinski definition) is 0. The molecule has 0 N–H and O–H groups in total. The minimum absolute atomic E-state index is 0.105. The molecule has 0 aliphatic carbocycles. The normalized spacial score (nSPS) is 11.4. The molecule has 7 nitrogen and oxygen atoms in total. The fraction of sp³-hybridized carbons (Fsp3) is 0.231. The molecule has 182 valence electrons. The Morgan fingerprint density at radius 3 is 2.49 bits per heavy atom. The second kappa shape index (κ2) is 10.9. The minimum atomic E-state index is -3.67. The van der Waals surface area contributed by atoms with Gasteiger partial charge in [-0.25, -0.2) is 13.4 Å². The first-order valence-corrected chi connectivity index (χ1v) is 13.6. The highest BCUT2D eigenvalue weighted by molar-refractivity contribution is 7.92. The van der Waals surface area contributed by atoms with Crippen LogP contribution in [0.5, 0.6) is 5.75 Å². The van der Waals surface area contributed by atoms with Gasteiger partial charge in [0.15, 0.2) is 5.13 Å². The van der Waals surface area contributed by atoms with Crippen LogP contribution in [0.3, 0.4) is 0 Å². The lowest BCUT2D eigenvalue weighted by molar-refractivity contribution is -0.107. The molecule has 1 heterocycles. The van der Waals surface area contributed by atoms with Crippen molar-refractivity contribution in [1.29, 1.82) is 0 Å². The minimum Gasteiger partial charge on any atom is -0.497 e. The number of rotatable bonds is 11. The number of methoxy groups -OCH3 is 1. The molecule has 0 radical (unpaired) electrons. The van der Waals surface area contributed by atoms with Gasteiger partial charge in [-0.15, -0.1) is 0 Å². The van der Waals surface area contributed by atoms with Gasteiger partial charge in [0.2, 0.25) is 16.4 Å². The van der Waals surface area contributed by atoms with Crippen molar-refractivity contribution in [3.05, 3.63) is 83.9 Å². The molecule has 4 aromatic rings. The Labute approximate surface area is 209 Å². The molecule has 0 atom stereocenters. The number of amides is 1. The molecular weight excluding hydrogens is 482 g/mol. The lowest BCUT2D eigenvalue weighted by Crippen LogP contribution is -2.34. The van der Waals surface area contributed by atoms with E-state index in [0.717, 1.165) is 21.3 Å². The first-order valence-electron chi connectivity index (χ1n) is 11.2. The summed E-state index contributed by atoms with van der Waals surface area (Å²) in [5.74, 6) is 0.606. The Morgan fingerprint density at radius 2 is 1.80 bits per heavy atom. The lowest BCUT2D eigenvalue weighted by Gasteiger charge is -2.25. The maximum absolute atomic E-state index is 13.5. The molecule has 9 heteroatoms. The van der Waals surface area contributed by atoms with Gasteiger partial charge in [-0.1, -0.05) is 47.7 Å². The summed E-state index contributed by atoms with van der Waals surface area (Å²) in [5, 5.41) is 0.562. The number of benzene rings is 3. The molecule has 0 spiro atoms. The summed E-state index contributed by atoms with van der Waals surface area (Å²) in [4.78, 5) is 17.7. The maximum atomic E-state index is 13.5. The Balaban J connectivity index is 1.51. The van der Waals surface area contributed by atoms with Crippen molar-refractivity contribution in [2.75, 3.05) is 28.6 Å². The molecule has 0 aliphatic heterocycles. The molecule has 0 bridgehead atoms. The Morgan fingerprint density at radius 1 is 1.03 bits per heavy atom. The van der Waals surface area contributed by atoms with E-state index in [2.05, 4.69) is 4.98 Å². The highest BCUT2D eigenvalue weighted by Crippen LogP contribution is 2.28. The number of aromatic nitrogens is 1. The number of nitrogens with zero attached hydrogens (tertiary/aromatic N) is 3. The van der Waals surface area contributed by atoms with Crippen molar-refractivity contribution in [3.63, 3.8) is 0 Å². The van der Waals surface area contributed by atoms with Gasteiger partial charge in [0.25, 0.3) is 0 Å². The number of aryl methyl sites for hydroxylation is 1. The molecule has 1 aromatic heterocycles. The van der Waals surface area contributed by atoms with Crippen molar-refractivity contribution < 1.29 is 17.9 Å². The first kappa shape index (κ1) is 24.7. The second-order valence-electron chi connectivity index (χ2n) is 8.13. The van der Waals surface area contributed by atoms with E-state index in [0.29, 0.717) is 23.0 Å². The fourth-order valence-electron chi connectivity index (χ4n) is 3.73. The van der Waals surface area contributed by atoms with Gasteiger partial charge in [0.05, 0.1) is 35.3 Å². The lowest BCUT2D eigenvalue weighted by atomic mass is 10.2. The van der Waals surface area contributed by atoms with E-state index in [1.54, 1.807) is 13.2 Å². The van der Waals surface area contributed by atoms with Crippen LogP contribution >= 0.6 is 11.3 Å². The zero-order chi connectivity index (χ0) is 24.8. The van der Waals surface area contributed by atoms with Gasteiger partial charge in [0.1, 0.15) is 5.75 Å². The molecule has 3 aromatic carbocycles. The predicted molar refractivity (Wildman–Crippen MR) is 142 cm³/mol. The maximum Gasteiger partial charge on any atom is 0.235 e. The van der Waals surface area contributed by atoms with Crippen LogP contribution in [0.15, 0.2) is 72.8 Å². The molecule has 35 heavy (non-hydrogen) atoms. The van der Waals surface area contributed by atoms with E-state index in [1.165, 1.54) is 20.5 Å². The number of para-hydroxylation sites is 1. The summed E-state index contributed by atoms with van der Waals surface area (Å²) >= 11 is 1.41. The SMILES string of the molecule is COc1ccc(CN(c2cccc(C)c2)S(=O)(=O)CCCN(C=O)c2nc3ccccc3s2)cc1. The standard InChI is InChI=1S/C26H27N3O4S2/c1-20-7-5-8-22(17-20)29(18-21-11-13-23(33-2)14-12-21)35(31,32)16-6-15-28(19-30)26-27-24-9-3-4-10-25(24)34-26/h3-5,7-14,17,19H,6,15-16,18H2,1-2H3. The monoisotopic (exact) mass is 509 g/mol. The third-order valence-corrected chi connectivity index (χ3v) is 8.46. The van der Waals surface area contributed by atoms with Gasteiger partial charge in [-0.05, 0) is 60.9 Å². The van der Waals surface area contributed by atoms with Gasteiger partial charge in [-0.3, -0.25) is 14.0 Å². The first-order chi connectivity index (χ1) is 16.9. The highest BCUT2D eigenvalue weighted by atomic mass is 32.2. The second-order valence-corrected chi connectivity index (χ2v) is 11.1. The Hall–Kier alpha value is -3.43. The zero-order valence-corrected chi connectivity index (χ0v) is 21.3. The highest BCUT2D eigenvalue weighted by Gasteiger charge is 2.24. The van der Waals surface area contributed by atoms with E-state index in [4.69, 9.17) is 4.74 Å². The molecule has 0 saturated carbocycles. The van der Waals surface area contributed by atoms with Gasteiger partial charge in [0, 0.05) is 6.54 Å². The topological polar surface area (TPSA) is 79.8 Å². The summed E-state index contributed by atoms with van der Waals surface area (Å²) < 4.78 is 34.6. The van der Waals surface area contributed by atoms with E-state index in [9.17, 15) is 13.2 Å². The van der Waals surface area contributed by atoms with Crippen molar-refractivity contribution in [1.82, 2.24) is 4.98 Å². The van der Waals surface area contributed by atoms with Gasteiger partial charge < -0.3 is 4.74 Å². The quantitative estimate of drug-likeness (QED) is 0.266. The summed E-state index contributed by atoms with van der Waals surface area (Å²) in [6.07, 6.45) is 0.988. The third-order valence-electron chi connectivity index (χ3n) is 5.57. The molecule has 4 rings (SSSR count). The van der Waals surface area contributed by atoms with Crippen LogP contribution in [-0.2, 0) is 21.4 Å². The number of carbonyl (C=O) groups is 1. The number of sulfonamides is 1. The van der Waals surface area contributed by atoms with Crippen LogP contribution in [0.2, 0.25) is 0 Å². The van der Waals surface area contributed by atoms with E-state index in [-0.39, 0.29) is 25.3 Å². The summed E-state index contributed by atoms with van der Waals surface area (Å²) in [5.41, 5.74) is 3.25. The number of hydrogen-bond acceptors (Lipinski definition) is 6. The van der Waals surface area contributed by atoms with E-state index < -0.39 is 10.0 Å². The number of fused-ring (bicyclic) bond motifs is 1. The van der Waals surface area contributed by atoms with Crippen molar-refractivity contribution in [2.45, 2.75) is 19.9 Å². The van der Waals surface area contributed by atoms with E-state index >= 15 is 0 Å². The number of carbonyl (C=O) groups excluding carboxylic acids is 1. The zero-order valence-electron chi connectivity index (χ0n) is 19.6. The van der Waals surface area contributed by atoms with Gasteiger partial charge in [-0.2, -0.15) is 0 Å². The van der Waals surface area contributed by atoms with Crippen LogP contribution in [-0.4, -0.2) is 39.2 Å². The fourth-order valence-corrected chi connectivity index (χ4v) is 6.19. The largest absolute Gasteiger partial charge is 0.497 e. The number of thiazole rings is 1. The average Bonchev–Trinajstić information content (AvgIpc) is 3.29. The Kier molecular flexibility index (Phi) is 7.67. The van der Waals surface area contributed by atoms with Crippen LogP contribution in [0.1, 0.15) is 17.5 Å². The van der Waals surface area contributed by atoms with Crippen LogP contribution in [0.25, 0.3) is 10.2 Å². The van der Waals surface area contributed by atoms with Crippen molar-refractivity contribution >= 4 is 48.8 Å². The number of anilines is 2. The van der Waals surface area contributed by atoms with Crippen LogP contribution < -0.4 is 13.9 Å². The van der Waals surface area contributed by atoms with Crippen molar-refractivity contribution in [2.24, 2.45) is 0 Å². The summed E-state index contributed by atoms with van der Waals surface area (Å²) in [7, 11) is -2.08. The van der Waals surface area contributed by atoms with Crippen molar-refractivity contribution in [3.8, 4) is 5.75 Å². The van der Waals surface area contributed by atoms with Gasteiger partial charge >= 0.3 is 0 Å². The number of ether oxygens (including phenoxy) is 1. The average molecular weight is 510 g/mol.